The van der Waals surface area contributed by atoms with Crippen molar-refractivity contribution in [3.8, 4) is 6.07 Å². The lowest BCUT2D eigenvalue weighted by atomic mass is 10.2. The maximum Gasteiger partial charge on any atom is 0.269 e. The summed E-state index contributed by atoms with van der Waals surface area (Å²) in [5.41, 5.74) is 1.77. The summed E-state index contributed by atoms with van der Waals surface area (Å²) in [6.07, 6.45) is 5.52. The van der Waals surface area contributed by atoms with Crippen LogP contribution in [-0.2, 0) is 6.54 Å². The van der Waals surface area contributed by atoms with E-state index in [0.717, 1.165) is 24.1 Å². The molecule has 1 saturated carbocycles. The van der Waals surface area contributed by atoms with Crippen LogP contribution in [0.5, 0.6) is 0 Å². The van der Waals surface area contributed by atoms with Crippen LogP contribution >= 0.6 is 0 Å². The molecule has 3 rings (SSSR count). The van der Waals surface area contributed by atoms with Crippen LogP contribution in [0.4, 0.5) is 5.69 Å². The molecule has 0 aliphatic heterocycles. The molecule has 2 aromatic rings. The third-order valence-electron chi connectivity index (χ3n) is 3.09. The first kappa shape index (κ1) is 12.4. The molecule has 0 amide bonds. The molecular formula is C14H13N5O. The van der Waals surface area contributed by atoms with Crippen LogP contribution in [0.25, 0.3) is 0 Å². The van der Waals surface area contributed by atoms with Gasteiger partial charge in [0, 0.05) is 18.3 Å². The van der Waals surface area contributed by atoms with Gasteiger partial charge in [0.25, 0.3) is 5.56 Å². The van der Waals surface area contributed by atoms with Gasteiger partial charge in [0.15, 0.2) is 0 Å². The standard InChI is InChI=1S/C14H13N5O/c15-7-12-5-10(3-4-16-12)9-19-14(20)6-13(8-17-19)18-11-1-2-11/h3-6,8,11,18H,1-2,9H2. The van der Waals surface area contributed by atoms with E-state index >= 15 is 0 Å². The van der Waals surface area contributed by atoms with Crippen molar-refractivity contribution in [2.45, 2.75) is 25.4 Å². The quantitative estimate of drug-likeness (QED) is 0.897. The zero-order chi connectivity index (χ0) is 13.9. The molecule has 1 aliphatic carbocycles. The highest BCUT2D eigenvalue weighted by Crippen LogP contribution is 2.23. The lowest BCUT2D eigenvalue weighted by Gasteiger charge is -2.07. The highest BCUT2D eigenvalue weighted by atomic mass is 16.1. The maximum absolute atomic E-state index is 12.0. The number of nitriles is 1. The molecule has 0 spiro atoms. The molecule has 0 bridgehead atoms. The van der Waals surface area contributed by atoms with Crippen molar-refractivity contribution in [3.63, 3.8) is 0 Å². The Kier molecular flexibility index (Phi) is 3.17. The van der Waals surface area contributed by atoms with E-state index in [1.165, 1.54) is 4.68 Å². The molecule has 0 atom stereocenters. The smallest absolute Gasteiger partial charge is 0.269 e. The van der Waals surface area contributed by atoms with E-state index in [4.69, 9.17) is 5.26 Å². The molecule has 6 heteroatoms. The molecule has 0 saturated heterocycles. The van der Waals surface area contributed by atoms with Gasteiger partial charge >= 0.3 is 0 Å². The van der Waals surface area contributed by atoms with Gasteiger partial charge in [-0.2, -0.15) is 10.4 Å². The number of hydrogen-bond acceptors (Lipinski definition) is 5. The van der Waals surface area contributed by atoms with E-state index in [2.05, 4.69) is 15.4 Å². The highest BCUT2D eigenvalue weighted by molar-refractivity contribution is 5.41. The Morgan fingerprint density at radius 2 is 2.30 bits per heavy atom. The number of pyridine rings is 1. The average Bonchev–Trinajstić information content (AvgIpc) is 3.26. The largest absolute Gasteiger partial charge is 0.381 e. The SMILES string of the molecule is N#Cc1cc(Cn2ncc(NC3CC3)cc2=O)ccn1. The molecule has 1 fully saturated rings. The van der Waals surface area contributed by atoms with Crippen molar-refractivity contribution in [3.05, 3.63) is 52.2 Å². The van der Waals surface area contributed by atoms with Crippen LogP contribution in [0, 0.1) is 11.3 Å². The predicted octanol–water partition coefficient (Wildman–Crippen LogP) is 1.13. The highest BCUT2D eigenvalue weighted by Gasteiger charge is 2.21. The summed E-state index contributed by atoms with van der Waals surface area (Å²) in [6.45, 7) is 0.333. The fourth-order valence-corrected chi connectivity index (χ4v) is 1.90. The van der Waals surface area contributed by atoms with Crippen molar-refractivity contribution < 1.29 is 0 Å². The number of hydrogen-bond donors (Lipinski definition) is 1. The van der Waals surface area contributed by atoms with Gasteiger partial charge < -0.3 is 5.32 Å². The van der Waals surface area contributed by atoms with Crippen LogP contribution in [-0.4, -0.2) is 20.8 Å². The third kappa shape index (κ3) is 2.83. The van der Waals surface area contributed by atoms with Crippen LogP contribution in [0.1, 0.15) is 24.1 Å². The molecule has 0 unspecified atom stereocenters. The minimum Gasteiger partial charge on any atom is -0.381 e. The Bertz CT molecular complexity index is 727. The molecule has 100 valence electrons. The van der Waals surface area contributed by atoms with Crippen molar-refractivity contribution >= 4 is 5.69 Å². The van der Waals surface area contributed by atoms with Gasteiger partial charge in [-0.1, -0.05) is 0 Å². The zero-order valence-electron chi connectivity index (χ0n) is 10.8. The molecule has 0 radical (unpaired) electrons. The van der Waals surface area contributed by atoms with Crippen LogP contribution < -0.4 is 10.9 Å². The maximum atomic E-state index is 12.0. The molecule has 6 nitrogen and oxygen atoms in total. The first-order valence-corrected chi connectivity index (χ1v) is 6.43. The average molecular weight is 267 g/mol. The van der Waals surface area contributed by atoms with Gasteiger partial charge in [-0.05, 0) is 30.5 Å². The summed E-state index contributed by atoms with van der Waals surface area (Å²) in [5, 5.41) is 16.2. The van der Waals surface area contributed by atoms with Crippen molar-refractivity contribution in [1.29, 1.82) is 5.26 Å². The molecule has 2 heterocycles. The van der Waals surface area contributed by atoms with Crippen LogP contribution in [0.15, 0.2) is 35.4 Å². The van der Waals surface area contributed by atoms with Gasteiger partial charge in [0.05, 0.1) is 18.4 Å². The fourth-order valence-electron chi connectivity index (χ4n) is 1.90. The lowest BCUT2D eigenvalue weighted by molar-refractivity contribution is 0.639. The second-order valence-electron chi connectivity index (χ2n) is 4.82. The zero-order valence-corrected chi connectivity index (χ0v) is 10.8. The molecule has 1 N–H and O–H groups in total. The Morgan fingerprint density at radius 1 is 1.45 bits per heavy atom. The van der Waals surface area contributed by atoms with Gasteiger partial charge in [0.1, 0.15) is 11.8 Å². The molecule has 1 aliphatic rings. The predicted molar refractivity (Wildman–Crippen MR) is 73.2 cm³/mol. The van der Waals surface area contributed by atoms with E-state index in [0.29, 0.717) is 18.3 Å². The van der Waals surface area contributed by atoms with E-state index in [1.54, 1.807) is 30.6 Å². The van der Waals surface area contributed by atoms with E-state index in [-0.39, 0.29) is 5.56 Å². The Balaban J connectivity index is 1.79. The van der Waals surface area contributed by atoms with Crippen LogP contribution in [0.2, 0.25) is 0 Å². The van der Waals surface area contributed by atoms with Crippen molar-refractivity contribution in [1.82, 2.24) is 14.8 Å². The van der Waals surface area contributed by atoms with E-state index in [9.17, 15) is 4.79 Å². The first-order valence-electron chi connectivity index (χ1n) is 6.43. The van der Waals surface area contributed by atoms with E-state index < -0.39 is 0 Å². The van der Waals surface area contributed by atoms with E-state index in [1.807, 2.05) is 6.07 Å². The molecule has 2 aromatic heterocycles. The first-order chi connectivity index (χ1) is 9.74. The van der Waals surface area contributed by atoms with Crippen molar-refractivity contribution in [2.75, 3.05) is 5.32 Å². The summed E-state index contributed by atoms with van der Waals surface area (Å²) in [5.74, 6) is 0. The summed E-state index contributed by atoms with van der Waals surface area (Å²) in [7, 11) is 0. The molecule has 20 heavy (non-hydrogen) atoms. The second-order valence-corrected chi connectivity index (χ2v) is 4.82. The van der Waals surface area contributed by atoms with Crippen molar-refractivity contribution in [2.24, 2.45) is 0 Å². The Hall–Kier alpha value is -2.68. The molecule has 0 aromatic carbocycles. The Labute approximate surface area is 115 Å². The third-order valence-corrected chi connectivity index (χ3v) is 3.09. The summed E-state index contributed by atoms with van der Waals surface area (Å²) in [4.78, 5) is 15.9. The molecular weight excluding hydrogens is 254 g/mol. The summed E-state index contributed by atoms with van der Waals surface area (Å²) < 4.78 is 1.37. The summed E-state index contributed by atoms with van der Waals surface area (Å²) >= 11 is 0. The minimum atomic E-state index is -0.161. The topological polar surface area (TPSA) is 83.6 Å². The number of nitrogens with zero attached hydrogens (tertiary/aromatic N) is 4. The van der Waals surface area contributed by atoms with Gasteiger partial charge in [-0.25, -0.2) is 9.67 Å². The van der Waals surface area contributed by atoms with Gasteiger partial charge in [-0.15, -0.1) is 0 Å². The normalized spacial score (nSPS) is 13.8. The Morgan fingerprint density at radius 3 is 3.00 bits per heavy atom. The number of nitrogens with one attached hydrogen (secondary N) is 1. The monoisotopic (exact) mass is 267 g/mol. The van der Waals surface area contributed by atoms with Gasteiger partial charge in [-0.3, -0.25) is 4.79 Å². The second kappa shape index (κ2) is 5.13. The fraction of sp³-hybridized carbons (Fsp3) is 0.286. The number of rotatable bonds is 4. The lowest BCUT2D eigenvalue weighted by Crippen LogP contribution is -2.23. The number of aromatic nitrogens is 3. The minimum absolute atomic E-state index is 0.161. The summed E-state index contributed by atoms with van der Waals surface area (Å²) in [6, 6.07) is 7.45. The van der Waals surface area contributed by atoms with Crippen LogP contribution in [0.3, 0.4) is 0 Å². The van der Waals surface area contributed by atoms with Gasteiger partial charge in [0.2, 0.25) is 0 Å². The number of anilines is 1.